The van der Waals surface area contributed by atoms with Gasteiger partial charge >= 0.3 is 0 Å². The lowest BCUT2D eigenvalue weighted by atomic mass is 9.84. The SMILES string of the molecule is C/C=C\c1onc(C2CCN(CCC3CCC(NC)CC3)CC2)c1/C=C\CC. The highest BCUT2D eigenvalue weighted by Crippen LogP contribution is 2.33. The predicted molar refractivity (Wildman–Crippen MR) is 118 cm³/mol. The summed E-state index contributed by atoms with van der Waals surface area (Å²) in [5.41, 5.74) is 2.36. The van der Waals surface area contributed by atoms with E-state index in [2.05, 4.69) is 41.5 Å². The summed E-state index contributed by atoms with van der Waals surface area (Å²) in [4.78, 5) is 2.68. The van der Waals surface area contributed by atoms with Crippen LogP contribution in [-0.2, 0) is 0 Å². The topological polar surface area (TPSA) is 41.3 Å². The molecule has 0 amide bonds. The largest absolute Gasteiger partial charge is 0.356 e. The van der Waals surface area contributed by atoms with E-state index in [0.29, 0.717) is 5.92 Å². The van der Waals surface area contributed by atoms with Gasteiger partial charge in [-0.05, 0) is 97.0 Å². The van der Waals surface area contributed by atoms with Gasteiger partial charge in [0, 0.05) is 17.5 Å². The number of nitrogens with zero attached hydrogens (tertiary/aromatic N) is 2. The van der Waals surface area contributed by atoms with Gasteiger partial charge < -0.3 is 14.7 Å². The third kappa shape index (κ3) is 5.57. The molecule has 1 saturated heterocycles. The molecule has 1 N–H and O–H groups in total. The first-order chi connectivity index (χ1) is 13.7. The summed E-state index contributed by atoms with van der Waals surface area (Å²) >= 11 is 0. The van der Waals surface area contributed by atoms with Crippen molar-refractivity contribution in [3.05, 3.63) is 29.2 Å². The van der Waals surface area contributed by atoms with Crippen molar-refractivity contribution in [2.24, 2.45) is 5.92 Å². The second kappa shape index (κ2) is 11.0. The Labute approximate surface area is 171 Å². The Kier molecular flexibility index (Phi) is 8.35. The van der Waals surface area contributed by atoms with Gasteiger partial charge in [0.05, 0.1) is 5.69 Å². The molecule has 2 heterocycles. The van der Waals surface area contributed by atoms with Gasteiger partial charge in [-0.2, -0.15) is 0 Å². The molecular weight excluding hydrogens is 346 g/mol. The molecule has 3 rings (SSSR count). The molecule has 1 saturated carbocycles. The fourth-order valence-corrected chi connectivity index (χ4v) is 4.83. The molecule has 1 aromatic heterocycles. The van der Waals surface area contributed by atoms with Crippen LogP contribution in [0.25, 0.3) is 12.2 Å². The lowest BCUT2D eigenvalue weighted by molar-refractivity contribution is 0.182. The van der Waals surface area contributed by atoms with Crippen LogP contribution in [0.4, 0.5) is 0 Å². The maximum atomic E-state index is 5.65. The van der Waals surface area contributed by atoms with Gasteiger partial charge in [0.1, 0.15) is 0 Å². The van der Waals surface area contributed by atoms with Crippen molar-refractivity contribution in [3.63, 3.8) is 0 Å². The summed E-state index contributed by atoms with van der Waals surface area (Å²) in [6.45, 7) is 7.85. The van der Waals surface area contributed by atoms with E-state index in [-0.39, 0.29) is 0 Å². The number of hydrogen-bond donors (Lipinski definition) is 1. The second-order valence-corrected chi connectivity index (χ2v) is 8.57. The zero-order valence-corrected chi connectivity index (χ0v) is 18.1. The lowest BCUT2D eigenvalue weighted by Crippen LogP contribution is -2.36. The van der Waals surface area contributed by atoms with E-state index in [9.17, 15) is 0 Å². The Balaban J connectivity index is 1.49. The smallest absolute Gasteiger partial charge is 0.166 e. The molecule has 0 bridgehead atoms. The van der Waals surface area contributed by atoms with E-state index in [1.807, 2.05) is 19.1 Å². The van der Waals surface area contributed by atoms with E-state index in [0.717, 1.165) is 24.1 Å². The Morgan fingerprint density at radius 2 is 1.86 bits per heavy atom. The molecule has 2 fully saturated rings. The average Bonchev–Trinajstić information content (AvgIpc) is 3.14. The van der Waals surface area contributed by atoms with E-state index >= 15 is 0 Å². The van der Waals surface area contributed by atoms with E-state index < -0.39 is 0 Å². The second-order valence-electron chi connectivity index (χ2n) is 8.57. The first-order valence-corrected chi connectivity index (χ1v) is 11.4. The molecule has 0 aromatic carbocycles. The molecular formula is C24H39N3O. The normalized spacial score (nSPS) is 25.2. The maximum Gasteiger partial charge on any atom is 0.166 e. The molecule has 1 aliphatic heterocycles. The zero-order chi connectivity index (χ0) is 19.8. The fraction of sp³-hybridized carbons (Fsp3) is 0.708. The Morgan fingerprint density at radius 3 is 2.50 bits per heavy atom. The first kappa shape index (κ1) is 21.3. The van der Waals surface area contributed by atoms with Crippen molar-refractivity contribution in [1.82, 2.24) is 15.4 Å². The highest BCUT2D eigenvalue weighted by atomic mass is 16.5. The fourth-order valence-electron chi connectivity index (χ4n) is 4.83. The number of nitrogens with one attached hydrogen (secondary N) is 1. The van der Waals surface area contributed by atoms with Crippen LogP contribution < -0.4 is 5.32 Å². The molecule has 0 spiro atoms. The van der Waals surface area contributed by atoms with Crippen molar-refractivity contribution in [3.8, 4) is 0 Å². The first-order valence-electron chi connectivity index (χ1n) is 11.4. The van der Waals surface area contributed by atoms with Gasteiger partial charge in [0.15, 0.2) is 5.76 Å². The van der Waals surface area contributed by atoms with Crippen LogP contribution in [0.3, 0.4) is 0 Å². The molecule has 1 aliphatic carbocycles. The van der Waals surface area contributed by atoms with Gasteiger partial charge in [0.2, 0.25) is 0 Å². The molecule has 0 unspecified atom stereocenters. The molecule has 0 atom stereocenters. The van der Waals surface area contributed by atoms with Crippen molar-refractivity contribution >= 4 is 12.2 Å². The number of hydrogen-bond acceptors (Lipinski definition) is 4. The van der Waals surface area contributed by atoms with Gasteiger partial charge in [-0.1, -0.05) is 30.3 Å². The third-order valence-corrected chi connectivity index (χ3v) is 6.70. The van der Waals surface area contributed by atoms with Crippen LogP contribution in [0.2, 0.25) is 0 Å². The number of allylic oxidation sites excluding steroid dienone is 2. The van der Waals surface area contributed by atoms with Crippen molar-refractivity contribution < 1.29 is 4.52 Å². The minimum absolute atomic E-state index is 0.529. The Hall–Kier alpha value is -1.39. The number of rotatable bonds is 8. The molecule has 28 heavy (non-hydrogen) atoms. The standard InChI is InChI=1S/C24H39N3O/c1-4-6-8-22-23(7-5-2)28-26-24(22)20-14-17-27(18-15-20)16-13-19-9-11-21(25-3)12-10-19/h5-8,19-21,25H,4,9-18H2,1-3H3/b7-5-,8-6-. The van der Waals surface area contributed by atoms with Gasteiger partial charge in [-0.25, -0.2) is 0 Å². The van der Waals surface area contributed by atoms with E-state index in [1.165, 1.54) is 75.8 Å². The lowest BCUT2D eigenvalue weighted by Gasteiger charge is -2.34. The highest BCUT2D eigenvalue weighted by molar-refractivity contribution is 5.63. The summed E-state index contributed by atoms with van der Waals surface area (Å²) < 4.78 is 5.65. The van der Waals surface area contributed by atoms with Crippen LogP contribution in [-0.4, -0.2) is 42.8 Å². The highest BCUT2D eigenvalue weighted by Gasteiger charge is 2.27. The van der Waals surface area contributed by atoms with Crippen LogP contribution in [0.5, 0.6) is 0 Å². The summed E-state index contributed by atoms with van der Waals surface area (Å²) in [5, 5.41) is 7.91. The molecule has 4 heteroatoms. The predicted octanol–water partition coefficient (Wildman–Crippen LogP) is 5.48. The molecule has 1 aromatic rings. The van der Waals surface area contributed by atoms with Gasteiger partial charge in [-0.15, -0.1) is 0 Å². The summed E-state index contributed by atoms with van der Waals surface area (Å²) in [5.74, 6) is 2.37. The molecule has 156 valence electrons. The van der Waals surface area contributed by atoms with Crippen molar-refractivity contribution in [2.75, 3.05) is 26.7 Å². The van der Waals surface area contributed by atoms with E-state index in [4.69, 9.17) is 4.52 Å². The van der Waals surface area contributed by atoms with Crippen LogP contribution in [0.15, 0.2) is 16.7 Å². The van der Waals surface area contributed by atoms with Crippen LogP contribution in [0, 0.1) is 5.92 Å². The van der Waals surface area contributed by atoms with Crippen molar-refractivity contribution in [2.45, 2.75) is 77.2 Å². The summed E-state index contributed by atoms with van der Waals surface area (Å²) in [7, 11) is 2.11. The average molecular weight is 386 g/mol. The monoisotopic (exact) mass is 385 g/mol. The van der Waals surface area contributed by atoms with Crippen LogP contribution >= 0.6 is 0 Å². The molecule has 4 nitrogen and oxygen atoms in total. The van der Waals surface area contributed by atoms with Gasteiger partial charge in [-0.3, -0.25) is 0 Å². The zero-order valence-electron chi connectivity index (χ0n) is 18.1. The van der Waals surface area contributed by atoms with Crippen LogP contribution in [0.1, 0.15) is 88.1 Å². The van der Waals surface area contributed by atoms with Crippen molar-refractivity contribution in [1.29, 1.82) is 0 Å². The number of aromatic nitrogens is 1. The van der Waals surface area contributed by atoms with E-state index in [1.54, 1.807) is 0 Å². The summed E-state index contributed by atoms with van der Waals surface area (Å²) in [6, 6.07) is 0.762. The van der Waals surface area contributed by atoms with Gasteiger partial charge in [0.25, 0.3) is 0 Å². The Morgan fingerprint density at radius 1 is 1.11 bits per heavy atom. The molecule has 0 radical (unpaired) electrons. The minimum Gasteiger partial charge on any atom is -0.356 e. The summed E-state index contributed by atoms with van der Waals surface area (Å²) in [6.07, 6.45) is 18.8. The maximum absolute atomic E-state index is 5.65. The number of piperidine rings is 1. The minimum atomic E-state index is 0.529. The third-order valence-electron chi connectivity index (χ3n) is 6.70. The Bertz CT molecular complexity index is 632. The number of likely N-dealkylation sites (tertiary alicyclic amines) is 1. The quantitative estimate of drug-likeness (QED) is 0.643. The molecule has 2 aliphatic rings.